The average Bonchev–Trinajstić information content (AvgIpc) is 2.35. The fourth-order valence-electron chi connectivity index (χ4n) is 1.68. The van der Waals surface area contributed by atoms with Gasteiger partial charge in [-0.25, -0.2) is 0 Å². The maximum Gasteiger partial charge on any atom is 0.257 e. The third-order valence-electron chi connectivity index (χ3n) is 2.70. The molecule has 3 nitrogen and oxygen atoms in total. The number of carbonyl (C=O) groups excluding carboxylic acids is 1. The van der Waals surface area contributed by atoms with Crippen LogP contribution >= 0.6 is 27.5 Å². The summed E-state index contributed by atoms with van der Waals surface area (Å²) in [6, 6.07) is 10.4. The van der Waals surface area contributed by atoms with Crippen LogP contribution in [0.25, 0.3) is 0 Å². The van der Waals surface area contributed by atoms with Crippen LogP contribution in [0.2, 0.25) is 5.02 Å². The van der Waals surface area contributed by atoms with Crippen molar-refractivity contribution in [3.8, 4) is 0 Å². The van der Waals surface area contributed by atoms with E-state index in [0.29, 0.717) is 16.3 Å². The Balaban J connectivity index is 2.28. The number of hydrogen-bond donors (Lipinski definition) is 2. The van der Waals surface area contributed by atoms with Crippen LogP contribution in [-0.4, -0.2) is 5.91 Å². The molecule has 0 saturated carbocycles. The monoisotopic (exact) mass is 338 g/mol. The highest BCUT2D eigenvalue weighted by Gasteiger charge is 2.11. The van der Waals surface area contributed by atoms with Crippen LogP contribution in [-0.2, 0) is 0 Å². The van der Waals surface area contributed by atoms with E-state index in [1.807, 2.05) is 25.1 Å². The Morgan fingerprint density at radius 1 is 1.26 bits per heavy atom. The number of benzene rings is 2. The minimum Gasteiger partial charge on any atom is -0.398 e. The molecule has 0 fully saturated rings. The summed E-state index contributed by atoms with van der Waals surface area (Å²) in [5.41, 5.74) is 8.25. The van der Waals surface area contributed by atoms with E-state index in [1.165, 1.54) is 0 Å². The molecule has 19 heavy (non-hydrogen) atoms. The normalized spacial score (nSPS) is 10.3. The third kappa shape index (κ3) is 3.28. The fraction of sp³-hybridized carbons (Fsp3) is 0.0714. The minimum atomic E-state index is -0.273. The van der Waals surface area contributed by atoms with Crippen molar-refractivity contribution in [2.75, 3.05) is 11.1 Å². The van der Waals surface area contributed by atoms with Gasteiger partial charge in [-0.15, -0.1) is 0 Å². The van der Waals surface area contributed by atoms with Crippen LogP contribution in [0.3, 0.4) is 0 Å². The average molecular weight is 340 g/mol. The van der Waals surface area contributed by atoms with Gasteiger partial charge in [0.2, 0.25) is 0 Å². The van der Waals surface area contributed by atoms with E-state index in [2.05, 4.69) is 21.2 Å². The van der Waals surface area contributed by atoms with Crippen molar-refractivity contribution in [1.82, 2.24) is 0 Å². The van der Waals surface area contributed by atoms with Crippen LogP contribution < -0.4 is 11.1 Å². The quantitative estimate of drug-likeness (QED) is 0.804. The number of rotatable bonds is 2. The third-order valence-corrected chi connectivity index (χ3v) is 3.42. The Morgan fingerprint density at radius 2 is 2.00 bits per heavy atom. The first-order chi connectivity index (χ1) is 8.97. The molecule has 0 atom stereocenters. The van der Waals surface area contributed by atoms with Gasteiger partial charge < -0.3 is 11.1 Å². The summed E-state index contributed by atoms with van der Waals surface area (Å²) < 4.78 is 0.963. The molecule has 0 radical (unpaired) electrons. The van der Waals surface area contributed by atoms with Crippen LogP contribution in [0.5, 0.6) is 0 Å². The predicted molar refractivity (Wildman–Crippen MR) is 82.7 cm³/mol. The summed E-state index contributed by atoms with van der Waals surface area (Å²) >= 11 is 9.25. The summed E-state index contributed by atoms with van der Waals surface area (Å²) in [5, 5.41) is 3.30. The highest BCUT2D eigenvalue weighted by Crippen LogP contribution is 2.23. The van der Waals surface area contributed by atoms with Crippen molar-refractivity contribution >= 4 is 44.8 Å². The molecule has 0 aliphatic rings. The second-order valence-corrected chi connectivity index (χ2v) is 5.50. The Bertz CT molecular complexity index is 643. The number of nitrogen functional groups attached to an aromatic ring is 1. The summed E-state index contributed by atoms with van der Waals surface area (Å²) in [7, 11) is 0. The first-order valence-electron chi connectivity index (χ1n) is 5.60. The smallest absolute Gasteiger partial charge is 0.257 e. The van der Waals surface area contributed by atoms with Crippen molar-refractivity contribution in [2.24, 2.45) is 0 Å². The topological polar surface area (TPSA) is 55.1 Å². The number of hydrogen-bond acceptors (Lipinski definition) is 2. The lowest BCUT2D eigenvalue weighted by molar-refractivity contribution is 0.102. The maximum atomic E-state index is 12.2. The van der Waals surface area contributed by atoms with Crippen molar-refractivity contribution in [3.05, 3.63) is 57.0 Å². The molecule has 0 aliphatic carbocycles. The zero-order valence-electron chi connectivity index (χ0n) is 10.2. The van der Waals surface area contributed by atoms with Crippen molar-refractivity contribution in [1.29, 1.82) is 0 Å². The number of anilines is 2. The van der Waals surface area contributed by atoms with Crippen molar-refractivity contribution < 1.29 is 4.79 Å². The second-order valence-electron chi connectivity index (χ2n) is 4.14. The van der Waals surface area contributed by atoms with Gasteiger partial charge in [0.25, 0.3) is 5.91 Å². The standard InChI is InChI=1S/C14H12BrClN2O/c1-8-6-9(15)2-5-13(8)18-14(19)11-7-10(16)3-4-12(11)17/h2-7H,17H2,1H3,(H,18,19). The highest BCUT2D eigenvalue weighted by atomic mass is 79.9. The Kier molecular flexibility index (Phi) is 4.12. The number of nitrogens with two attached hydrogens (primary N) is 1. The molecule has 2 aromatic rings. The van der Waals surface area contributed by atoms with Gasteiger partial charge in [0, 0.05) is 20.9 Å². The molecular formula is C14H12BrClN2O. The van der Waals surface area contributed by atoms with E-state index >= 15 is 0 Å². The second kappa shape index (κ2) is 5.63. The van der Waals surface area contributed by atoms with Gasteiger partial charge in [-0.3, -0.25) is 4.79 Å². The molecule has 0 unspecified atom stereocenters. The molecule has 0 spiro atoms. The number of nitrogens with one attached hydrogen (secondary N) is 1. The first-order valence-corrected chi connectivity index (χ1v) is 6.77. The summed E-state index contributed by atoms with van der Waals surface area (Å²) in [5.74, 6) is -0.273. The van der Waals surface area contributed by atoms with Gasteiger partial charge in [0.15, 0.2) is 0 Å². The first kappa shape index (κ1) is 13.9. The van der Waals surface area contributed by atoms with Crippen LogP contribution in [0.4, 0.5) is 11.4 Å². The minimum absolute atomic E-state index is 0.273. The number of aryl methyl sites for hydroxylation is 1. The molecule has 0 aromatic heterocycles. The zero-order chi connectivity index (χ0) is 14.0. The SMILES string of the molecule is Cc1cc(Br)ccc1NC(=O)c1cc(Cl)ccc1N. The van der Waals surface area contributed by atoms with Gasteiger partial charge in [-0.05, 0) is 48.9 Å². The molecule has 0 bridgehead atoms. The molecule has 0 aliphatic heterocycles. The Labute approximate surface area is 124 Å². The summed E-state index contributed by atoms with van der Waals surface area (Å²) in [6.45, 7) is 1.92. The van der Waals surface area contributed by atoms with E-state index in [4.69, 9.17) is 17.3 Å². The number of carbonyl (C=O) groups is 1. The van der Waals surface area contributed by atoms with Crippen LogP contribution in [0.1, 0.15) is 15.9 Å². The van der Waals surface area contributed by atoms with Gasteiger partial charge in [0.05, 0.1) is 5.56 Å². The molecule has 5 heteroatoms. The lowest BCUT2D eigenvalue weighted by atomic mass is 10.1. The van der Waals surface area contributed by atoms with E-state index in [1.54, 1.807) is 18.2 Å². The maximum absolute atomic E-state index is 12.2. The molecule has 0 heterocycles. The van der Waals surface area contributed by atoms with Gasteiger partial charge in [-0.2, -0.15) is 0 Å². The molecule has 3 N–H and O–H groups in total. The molecular weight excluding hydrogens is 328 g/mol. The van der Waals surface area contributed by atoms with Gasteiger partial charge in [0.1, 0.15) is 0 Å². The molecule has 1 amide bonds. The lowest BCUT2D eigenvalue weighted by Gasteiger charge is -2.10. The van der Waals surface area contributed by atoms with E-state index in [0.717, 1.165) is 15.7 Å². The fourth-order valence-corrected chi connectivity index (χ4v) is 2.33. The van der Waals surface area contributed by atoms with Gasteiger partial charge in [-0.1, -0.05) is 27.5 Å². The molecule has 0 saturated heterocycles. The summed E-state index contributed by atoms with van der Waals surface area (Å²) in [4.78, 5) is 12.2. The zero-order valence-corrected chi connectivity index (χ0v) is 12.5. The predicted octanol–water partition coefficient (Wildman–Crippen LogP) is 4.25. The molecule has 2 rings (SSSR count). The molecule has 98 valence electrons. The van der Waals surface area contributed by atoms with E-state index < -0.39 is 0 Å². The van der Waals surface area contributed by atoms with Crippen LogP contribution in [0, 0.1) is 6.92 Å². The Hall–Kier alpha value is -1.52. The summed E-state index contributed by atoms with van der Waals surface area (Å²) in [6.07, 6.45) is 0. The van der Waals surface area contributed by atoms with Crippen molar-refractivity contribution in [3.63, 3.8) is 0 Å². The lowest BCUT2D eigenvalue weighted by Crippen LogP contribution is -2.14. The van der Waals surface area contributed by atoms with E-state index in [-0.39, 0.29) is 5.91 Å². The largest absolute Gasteiger partial charge is 0.398 e. The molecule has 2 aromatic carbocycles. The number of amides is 1. The van der Waals surface area contributed by atoms with Crippen molar-refractivity contribution in [2.45, 2.75) is 6.92 Å². The van der Waals surface area contributed by atoms with Crippen LogP contribution in [0.15, 0.2) is 40.9 Å². The number of halogens is 2. The van der Waals surface area contributed by atoms with Gasteiger partial charge >= 0.3 is 0 Å². The van der Waals surface area contributed by atoms with E-state index in [9.17, 15) is 4.79 Å². The Morgan fingerprint density at radius 3 is 2.68 bits per heavy atom. The highest BCUT2D eigenvalue weighted by molar-refractivity contribution is 9.10.